The fraction of sp³-hybridized carbons (Fsp3) is 0.462. The zero-order valence-corrected chi connectivity index (χ0v) is 11.9. The van der Waals surface area contributed by atoms with Gasteiger partial charge >= 0.3 is 5.97 Å². The Morgan fingerprint density at radius 1 is 1.50 bits per heavy atom. The lowest BCUT2D eigenvalue weighted by atomic mass is 10.1. The largest absolute Gasteiger partial charge is 0.469 e. The molecule has 20 heavy (non-hydrogen) atoms. The topological polar surface area (TPSA) is 95.5 Å². The average Bonchev–Trinajstić information content (AvgIpc) is 3.16. The first-order valence-electron chi connectivity index (χ1n) is 6.19. The van der Waals surface area contributed by atoms with Gasteiger partial charge in [-0.05, 0) is 24.3 Å². The smallest absolute Gasteiger partial charge is 0.306 e. The molecular formula is C13H16N2O4S. The fourth-order valence-electron chi connectivity index (χ4n) is 1.96. The summed E-state index contributed by atoms with van der Waals surface area (Å²) in [6.45, 7) is 0. The number of nitrogen functional groups attached to an aromatic ring is 1. The Bertz CT molecular complexity index is 543. The molecule has 6 nitrogen and oxygen atoms in total. The van der Waals surface area contributed by atoms with Gasteiger partial charge in [-0.25, -0.2) is 0 Å². The molecule has 0 amide bonds. The van der Waals surface area contributed by atoms with Crippen molar-refractivity contribution < 1.29 is 14.5 Å². The van der Waals surface area contributed by atoms with E-state index in [1.807, 2.05) is 0 Å². The molecule has 0 aromatic heterocycles. The lowest BCUT2D eigenvalue weighted by Gasteiger charge is -2.13. The van der Waals surface area contributed by atoms with E-state index in [0.29, 0.717) is 12.1 Å². The Morgan fingerprint density at radius 3 is 2.75 bits per heavy atom. The number of hydrogen-bond donors (Lipinski definition) is 1. The first-order chi connectivity index (χ1) is 9.44. The highest BCUT2D eigenvalue weighted by molar-refractivity contribution is 7.99. The molecule has 0 heterocycles. The van der Waals surface area contributed by atoms with Crippen molar-refractivity contribution in [1.29, 1.82) is 0 Å². The van der Waals surface area contributed by atoms with Crippen molar-refractivity contribution in [2.45, 2.75) is 24.2 Å². The van der Waals surface area contributed by atoms with Crippen molar-refractivity contribution in [3.63, 3.8) is 0 Å². The van der Waals surface area contributed by atoms with Crippen LogP contribution in [0.1, 0.15) is 19.3 Å². The Hall–Kier alpha value is -1.76. The maximum absolute atomic E-state index is 11.3. The standard InChI is InChI=1S/C13H16N2O4S/c1-19-12(16)7-13(2-3-13)8-20-11-5-9(14)4-10(6-11)15(17)18/h4-6H,2-3,7-8,14H2,1H3. The molecule has 1 aromatic carbocycles. The normalized spacial score (nSPS) is 15.7. The van der Waals surface area contributed by atoms with Gasteiger partial charge in [0.2, 0.25) is 0 Å². The summed E-state index contributed by atoms with van der Waals surface area (Å²) in [6, 6.07) is 4.56. The summed E-state index contributed by atoms with van der Waals surface area (Å²) in [5, 5.41) is 10.8. The zero-order chi connectivity index (χ0) is 14.8. The van der Waals surface area contributed by atoms with E-state index in [1.54, 1.807) is 6.07 Å². The summed E-state index contributed by atoms with van der Waals surface area (Å²) in [5.41, 5.74) is 6.01. The van der Waals surface area contributed by atoms with Crippen molar-refractivity contribution in [2.75, 3.05) is 18.6 Å². The molecule has 2 N–H and O–H groups in total. The Morgan fingerprint density at radius 2 is 2.20 bits per heavy atom. The van der Waals surface area contributed by atoms with Gasteiger partial charge in [-0.1, -0.05) is 0 Å². The van der Waals surface area contributed by atoms with Gasteiger partial charge < -0.3 is 10.5 Å². The summed E-state index contributed by atoms with van der Waals surface area (Å²) >= 11 is 1.50. The molecule has 2 rings (SSSR count). The number of carbonyl (C=O) groups excluding carboxylic acids is 1. The number of ether oxygens (including phenoxy) is 1. The third kappa shape index (κ3) is 3.63. The van der Waals surface area contributed by atoms with Gasteiger partial charge in [0.15, 0.2) is 0 Å². The molecule has 1 aliphatic rings. The fourth-order valence-corrected chi connectivity index (χ4v) is 3.25. The van der Waals surface area contributed by atoms with E-state index in [0.717, 1.165) is 23.5 Å². The molecule has 0 spiro atoms. The third-order valence-electron chi connectivity index (χ3n) is 3.37. The number of non-ortho nitro benzene ring substituents is 1. The molecule has 0 radical (unpaired) electrons. The third-order valence-corrected chi connectivity index (χ3v) is 4.70. The molecule has 0 unspecified atom stereocenters. The van der Waals surface area contributed by atoms with Gasteiger partial charge in [-0.15, -0.1) is 11.8 Å². The van der Waals surface area contributed by atoms with Gasteiger partial charge in [-0.2, -0.15) is 0 Å². The van der Waals surface area contributed by atoms with Crippen LogP contribution in [0.4, 0.5) is 11.4 Å². The first-order valence-corrected chi connectivity index (χ1v) is 7.17. The van der Waals surface area contributed by atoms with Crippen LogP contribution in [0.5, 0.6) is 0 Å². The number of hydrogen-bond acceptors (Lipinski definition) is 6. The lowest BCUT2D eigenvalue weighted by molar-refractivity contribution is -0.385. The molecular weight excluding hydrogens is 280 g/mol. The van der Waals surface area contributed by atoms with Crippen LogP contribution < -0.4 is 5.73 Å². The van der Waals surface area contributed by atoms with E-state index in [9.17, 15) is 14.9 Å². The molecule has 0 aliphatic heterocycles. The quantitative estimate of drug-likeness (QED) is 0.285. The van der Waals surface area contributed by atoms with Crippen LogP contribution in [0, 0.1) is 15.5 Å². The highest BCUT2D eigenvalue weighted by Crippen LogP contribution is 2.52. The Balaban J connectivity index is 2.01. The number of thioether (sulfide) groups is 1. The summed E-state index contributed by atoms with van der Waals surface area (Å²) in [5.74, 6) is 0.532. The van der Waals surface area contributed by atoms with Gasteiger partial charge in [0.1, 0.15) is 0 Å². The molecule has 1 aliphatic carbocycles. The van der Waals surface area contributed by atoms with E-state index in [4.69, 9.17) is 10.5 Å². The SMILES string of the molecule is COC(=O)CC1(CSc2cc(N)cc([N+](=O)[O-])c2)CC1. The van der Waals surface area contributed by atoms with Crippen molar-refractivity contribution in [3.8, 4) is 0 Å². The lowest BCUT2D eigenvalue weighted by Crippen LogP contribution is -2.13. The maximum atomic E-state index is 11.3. The van der Waals surface area contributed by atoms with Crippen LogP contribution in [-0.4, -0.2) is 23.8 Å². The number of nitrogens with zero attached hydrogens (tertiary/aromatic N) is 1. The van der Waals surface area contributed by atoms with Gasteiger partial charge in [0, 0.05) is 28.5 Å². The number of carbonyl (C=O) groups is 1. The van der Waals surface area contributed by atoms with Crippen molar-refractivity contribution in [2.24, 2.45) is 5.41 Å². The van der Waals surface area contributed by atoms with Gasteiger partial charge in [0.05, 0.1) is 18.5 Å². The van der Waals surface area contributed by atoms with E-state index >= 15 is 0 Å². The van der Waals surface area contributed by atoms with E-state index < -0.39 is 4.92 Å². The number of anilines is 1. The van der Waals surface area contributed by atoms with E-state index in [-0.39, 0.29) is 17.1 Å². The van der Waals surface area contributed by atoms with Crippen molar-refractivity contribution in [3.05, 3.63) is 28.3 Å². The second-order valence-electron chi connectivity index (χ2n) is 5.06. The number of benzene rings is 1. The molecule has 0 saturated heterocycles. The summed E-state index contributed by atoms with van der Waals surface area (Å²) in [7, 11) is 1.38. The number of nitro groups is 1. The summed E-state index contributed by atoms with van der Waals surface area (Å²) < 4.78 is 4.69. The van der Waals surface area contributed by atoms with E-state index in [2.05, 4.69) is 0 Å². The average molecular weight is 296 g/mol. The minimum absolute atomic E-state index is 0.00897. The van der Waals surface area contributed by atoms with Crippen molar-refractivity contribution >= 4 is 29.1 Å². The maximum Gasteiger partial charge on any atom is 0.306 e. The van der Waals surface area contributed by atoms with Crippen LogP contribution in [0.15, 0.2) is 23.1 Å². The predicted molar refractivity (Wildman–Crippen MR) is 76.5 cm³/mol. The minimum Gasteiger partial charge on any atom is -0.469 e. The molecule has 1 aromatic rings. The van der Waals surface area contributed by atoms with Crippen LogP contribution in [0.3, 0.4) is 0 Å². The molecule has 7 heteroatoms. The van der Waals surface area contributed by atoms with Crippen LogP contribution in [-0.2, 0) is 9.53 Å². The highest BCUT2D eigenvalue weighted by atomic mass is 32.2. The number of methoxy groups -OCH3 is 1. The van der Waals surface area contributed by atoms with Crippen molar-refractivity contribution in [1.82, 2.24) is 0 Å². The number of rotatable bonds is 6. The first kappa shape index (κ1) is 14.6. The van der Waals surface area contributed by atoms with Crippen LogP contribution >= 0.6 is 11.8 Å². The monoisotopic (exact) mass is 296 g/mol. The Labute approximate surface area is 120 Å². The second kappa shape index (κ2) is 5.70. The molecule has 1 fully saturated rings. The molecule has 0 atom stereocenters. The highest BCUT2D eigenvalue weighted by Gasteiger charge is 2.44. The predicted octanol–water partition coefficient (Wildman–Crippen LogP) is 2.61. The summed E-state index contributed by atoms with van der Waals surface area (Å²) in [6.07, 6.45) is 2.37. The molecule has 108 valence electrons. The van der Waals surface area contributed by atoms with Gasteiger partial charge in [0.25, 0.3) is 5.69 Å². The number of nitro benzene ring substituents is 1. The zero-order valence-electron chi connectivity index (χ0n) is 11.1. The van der Waals surface area contributed by atoms with Crippen LogP contribution in [0.2, 0.25) is 0 Å². The van der Waals surface area contributed by atoms with Gasteiger partial charge in [-0.3, -0.25) is 14.9 Å². The molecule has 1 saturated carbocycles. The Kier molecular flexibility index (Phi) is 4.17. The van der Waals surface area contributed by atoms with E-state index in [1.165, 1.54) is 31.0 Å². The minimum atomic E-state index is -0.457. The second-order valence-corrected chi connectivity index (χ2v) is 6.11. The summed E-state index contributed by atoms with van der Waals surface area (Å²) in [4.78, 5) is 22.4. The number of nitrogens with two attached hydrogens (primary N) is 1. The number of esters is 1. The molecule has 0 bridgehead atoms. The van der Waals surface area contributed by atoms with Crippen LogP contribution in [0.25, 0.3) is 0 Å².